The van der Waals surface area contributed by atoms with E-state index in [4.69, 9.17) is 20.9 Å². The Labute approximate surface area is 156 Å². The molecule has 26 heavy (non-hydrogen) atoms. The molecule has 1 N–H and O–H groups in total. The second-order valence-electron chi connectivity index (χ2n) is 5.62. The van der Waals surface area contributed by atoms with E-state index in [1.165, 1.54) is 0 Å². The fourth-order valence-corrected chi connectivity index (χ4v) is 2.46. The Balaban J connectivity index is 1.67. The highest BCUT2D eigenvalue weighted by Crippen LogP contribution is 2.21. The SMILES string of the molecule is CCOc1ccc(C(=O)N[C@@H](C)c2nc(-c3ccc(Cl)cc3)no2)cc1. The van der Waals surface area contributed by atoms with Gasteiger partial charge in [-0.25, -0.2) is 0 Å². The minimum absolute atomic E-state index is 0.230. The van der Waals surface area contributed by atoms with Gasteiger partial charge in [-0.2, -0.15) is 4.98 Å². The molecule has 1 atom stereocenters. The summed E-state index contributed by atoms with van der Waals surface area (Å²) in [7, 11) is 0. The van der Waals surface area contributed by atoms with Gasteiger partial charge < -0.3 is 14.6 Å². The number of hydrogen-bond donors (Lipinski definition) is 1. The summed E-state index contributed by atoms with van der Waals surface area (Å²) in [4.78, 5) is 16.7. The van der Waals surface area contributed by atoms with Crippen molar-refractivity contribution in [2.24, 2.45) is 0 Å². The third-order valence-electron chi connectivity index (χ3n) is 3.69. The first-order valence-corrected chi connectivity index (χ1v) is 8.58. The van der Waals surface area contributed by atoms with Crippen molar-refractivity contribution in [1.82, 2.24) is 15.5 Å². The molecule has 0 unspecified atom stereocenters. The lowest BCUT2D eigenvalue weighted by atomic mass is 10.2. The van der Waals surface area contributed by atoms with E-state index in [9.17, 15) is 4.79 Å². The zero-order chi connectivity index (χ0) is 18.5. The number of aromatic nitrogens is 2. The molecule has 0 bridgehead atoms. The molecular weight excluding hydrogens is 354 g/mol. The highest BCUT2D eigenvalue weighted by atomic mass is 35.5. The molecule has 6 nitrogen and oxygen atoms in total. The van der Waals surface area contributed by atoms with Crippen LogP contribution in [0.1, 0.15) is 36.1 Å². The van der Waals surface area contributed by atoms with Crippen molar-refractivity contribution < 1.29 is 14.1 Å². The largest absolute Gasteiger partial charge is 0.494 e. The maximum absolute atomic E-state index is 12.4. The van der Waals surface area contributed by atoms with E-state index in [1.807, 2.05) is 6.92 Å². The molecule has 1 amide bonds. The van der Waals surface area contributed by atoms with Crippen molar-refractivity contribution in [3.8, 4) is 17.1 Å². The summed E-state index contributed by atoms with van der Waals surface area (Å²) in [5.41, 5.74) is 1.31. The molecular formula is C19H18ClN3O3. The number of benzene rings is 2. The first-order chi connectivity index (χ1) is 12.6. The van der Waals surface area contributed by atoms with Gasteiger partial charge >= 0.3 is 0 Å². The number of nitrogens with zero attached hydrogens (tertiary/aromatic N) is 2. The molecule has 0 aliphatic rings. The van der Waals surface area contributed by atoms with Gasteiger partial charge in [-0.3, -0.25) is 4.79 Å². The molecule has 7 heteroatoms. The predicted octanol–water partition coefficient (Wildman–Crippen LogP) is 4.28. The maximum atomic E-state index is 12.4. The van der Waals surface area contributed by atoms with Gasteiger partial charge in [0.15, 0.2) is 0 Å². The summed E-state index contributed by atoms with van der Waals surface area (Å²) >= 11 is 5.88. The predicted molar refractivity (Wildman–Crippen MR) is 98.2 cm³/mol. The van der Waals surface area contributed by atoms with Crippen LogP contribution in [-0.4, -0.2) is 22.7 Å². The van der Waals surface area contributed by atoms with Crippen LogP contribution in [0.3, 0.4) is 0 Å². The number of rotatable bonds is 6. The number of carbonyl (C=O) groups excluding carboxylic acids is 1. The lowest BCUT2D eigenvalue weighted by Gasteiger charge is -2.10. The third-order valence-corrected chi connectivity index (χ3v) is 3.94. The van der Waals surface area contributed by atoms with Gasteiger partial charge in [0.1, 0.15) is 11.8 Å². The summed E-state index contributed by atoms with van der Waals surface area (Å²) in [6.07, 6.45) is 0. The van der Waals surface area contributed by atoms with E-state index in [0.717, 1.165) is 11.3 Å². The zero-order valence-corrected chi connectivity index (χ0v) is 15.2. The molecule has 0 aliphatic heterocycles. The molecule has 2 aromatic carbocycles. The molecule has 3 aromatic rings. The van der Waals surface area contributed by atoms with E-state index in [0.29, 0.717) is 28.9 Å². The fraction of sp³-hybridized carbons (Fsp3) is 0.211. The maximum Gasteiger partial charge on any atom is 0.251 e. The Kier molecular flexibility index (Phi) is 5.53. The summed E-state index contributed by atoms with van der Waals surface area (Å²) in [6.45, 7) is 4.27. The molecule has 0 saturated carbocycles. The van der Waals surface area contributed by atoms with Gasteiger partial charge in [0, 0.05) is 16.1 Å². The van der Waals surface area contributed by atoms with E-state index in [2.05, 4.69) is 15.5 Å². The van der Waals surface area contributed by atoms with Crippen molar-refractivity contribution in [2.45, 2.75) is 19.9 Å². The number of ether oxygens (including phenoxy) is 1. The lowest BCUT2D eigenvalue weighted by molar-refractivity contribution is 0.0932. The van der Waals surface area contributed by atoms with E-state index in [-0.39, 0.29) is 5.91 Å². The van der Waals surface area contributed by atoms with Crippen LogP contribution in [-0.2, 0) is 0 Å². The van der Waals surface area contributed by atoms with Crippen molar-refractivity contribution >= 4 is 17.5 Å². The summed E-state index contributed by atoms with van der Waals surface area (Å²) in [6, 6.07) is 13.6. The number of amides is 1. The average molecular weight is 372 g/mol. The van der Waals surface area contributed by atoms with Crippen molar-refractivity contribution in [1.29, 1.82) is 0 Å². The van der Waals surface area contributed by atoms with Gasteiger partial charge in [-0.1, -0.05) is 16.8 Å². The Morgan fingerprint density at radius 2 is 1.88 bits per heavy atom. The molecule has 0 aliphatic carbocycles. The van der Waals surface area contributed by atoms with E-state index < -0.39 is 6.04 Å². The Bertz CT molecular complexity index is 876. The minimum atomic E-state index is -0.428. The highest BCUT2D eigenvalue weighted by Gasteiger charge is 2.18. The number of hydrogen-bond acceptors (Lipinski definition) is 5. The molecule has 0 fully saturated rings. The Morgan fingerprint density at radius 3 is 2.54 bits per heavy atom. The number of halogens is 1. The van der Waals surface area contributed by atoms with Crippen LogP contribution in [0.4, 0.5) is 0 Å². The normalized spacial score (nSPS) is 11.8. The minimum Gasteiger partial charge on any atom is -0.494 e. The van der Waals surface area contributed by atoms with E-state index in [1.54, 1.807) is 55.5 Å². The first kappa shape index (κ1) is 17.9. The zero-order valence-electron chi connectivity index (χ0n) is 14.4. The van der Waals surface area contributed by atoms with Crippen molar-refractivity contribution in [3.63, 3.8) is 0 Å². The van der Waals surface area contributed by atoms with Crippen LogP contribution in [0.15, 0.2) is 53.1 Å². The molecule has 0 spiro atoms. The second kappa shape index (κ2) is 8.01. The summed E-state index contributed by atoms with van der Waals surface area (Å²) in [5, 5.41) is 7.43. The van der Waals surface area contributed by atoms with Gasteiger partial charge in [0.2, 0.25) is 11.7 Å². The van der Waals surface area contributed by atoms with Crippen LogP contribution in [0, 0.1) is 0 Å². The smallest absolute Gasteiger partial charge is 0.251 e. The Hall–Kier alpha value is -2.86. The number of carbonyl (C=O) groups is 1. The first-order valence-electron chi connectivity index (χ1n) is 8.20. The van der Waals surface area contributed by atoms with Gasteiger partial charge in [0.05, 0.1) is 6.61 Å². The topological polar surface area (TPSA) is 77.2 Å². The molecule has 1 heterocycles. The number of nitrogens with one attached hydrogen (secondary N) is 1. The van der Waals surface area contributed by atoms with Gasteiger partial charge in [-0.05, 0) is 62.4 Å². The van der Waals surface area contributed by atoms with Crippen LogP contribution >= 0.6 is 11.6 Å². The van der Waals surface area contributed by atoms with Crippen LogP contribution in [0.25, 0.3) is 11.4 Å². The van der Waals surface area contributed by atoms with Gasteiger partial charge in [0.25, 0.3) is 5.91 Å². The molecule has 3 rings (SSSR count). The summed E-state index contributed by atoms with van der Waals surface area (Å²) < 4.78 is 10.6. The summed E-state index contributed by atoms with van der Waals surface area (Å²) in [5.74, 6) is 1.27. The average Bonchev–Trinajstić information content (AvgIpc) is 3.13. The quantitative estimate of drug-likeness (QED) is 0.699. The van der Waals surface area contributed by atoms with Crippen LogP contribution in [0.2, 0.25) is 5.02 Å². The van der Waals surface area contributed by atoms with Crippen LogP contribution in [0.5, 0.6) is 5.75 Å². The van der Waals surface area contributed by atoms with Crippen molar-refractivity contribution in [2.75, 3.05) is 6.61 Å². The van der Waals surface area contributed by atoms with Gasteiger partial charge in [-0.15, -0.1) is 0 Å². The Morgan fingerprint density at radius 1 is 1.19 bits per heavy atom. The molecule has 1 aromatic heterocycles. The lowest BCUT2D eigenvalue weighted by Crippen LogP contribution is -2.26. The highest BCUT2D eigenvalue weighted by molar-refractivity contribution is 6.30. The third kappa shape index (κ3) is 4.21. The van der Waals surface area contributed by atoms with E-state index >= 15 is 0 Å². The fourth-order valence-electron chi connectivity index (χ4n) is 2.34. The molecule has 134 valence electrons. The molecule has 0 saturated heterocycles. The standard InChI is InChI=1S/C19H18ClN3O3/c1-3-25-16-10-6-14(7-11-16)18(24)21-12(2)19-22-17(23-26-19)13-4-8-15(20)9-5-13/h4-12H,3H2,1-2H3,(H,21,24)/t12-/m0/s1. The molecule has 0 radical (unpaired) electrons. The monoisotopic (exact) mass is 371 g/mol. The van der Waals surface area contributed by atoms with Crippen molar-refractivity contribution in [3.05, 3.63) is 65.0 Å². The second-order valence-corrected chi connectivity index (χ2v) is 6.05. The van der Waals surface area contributed by atoms with Crippen LogP contribution < -0.4 is 10.1 Å².